The van der Waals surface area contributed by atoms with E-state index in [0.29, 0.717) is 12.8 Å². The first-order valence-electron chi connectivity index (χ1n) is 3.08. The molecule has 4 nitrogen and oxygen atoms in total. The molecular weight excluding hydrogens is 155 g/mol. The lowest BCUT2D eigenvalue weighted by atomic mass is 10.3. The molecule has 10 heavy (non-hydrogen) atoms. The number of carbonyl (C=O) groups is 1. The quantitative estimate of drug-likeness (QED) is 0.553. The van der Waals surface area contributed by atoms with Crippen LogP contribution >= 0.6 is 7.37 Å². The van der Waals surface area contributed by atoms with Crippen LogP contribution in [-0.2, 0) is 9.36 Å². The van der Waals surface area contributed by atoms with Crippen molar-refractivity contribution in [1.82, 2.24) is 0 Å². The van der Waals surface area contributed by atoms with Crippen LogP contribution in [0.15, 0.2) is 0 Å². The fourth-order valence-electron chi connectivity index (χ4n) is 1.16. The van der Waals surface area contributed by atoms with Gasteiger partial charge in [-0.05, 0) is 12.8 Å². The van der Waals surface area contributed by atoms with Crippen LogP contribution in [-0.4, -0.2) is 27.8 Å². The largest absolute Gasteiger partial charge is 0.481 e. The normalized spacial score (nSPS) is 39.9. The van der Waals surface area contributed by atoms with E-state index in [4.69, 9.17) is 10.00 Å². The summed E-state index contributed by atoms with van der Waals surface area (Å²) in [6.45, 7) is 0. The van der Waals surface area contributed by atoms with Gasteiger partial charge in [0.1, 0.15) is 5.66 Å². The monoisotopic (exact) mass is 164 g/mol. The molecule has 1 aliphatic rings. The number of hydrogen-bond donors (Lipinski definition) is 2. The van der Waals surface area contributed by atoms with Gasteiger partial charge in [0.15, 0.2) is 0 Å². The maximum atomic E-state index is 11.0. The Morgan fingerprint density at radius 1 is 1.60 bits per heavy atom. The molecule has 1 heterocycles. The van der Waals surface area contributed by atoms with Crippen molar-refractivity contribution in [1.29, 1.82) is 0 Å². The molecule has 1 fully saturated rings. The molecular formula is C5H9O4P. The lowest BCUT2D eigenvalue weighted by Gasteiger charge is -2.07. The van der Waals surface area contributed by atoms with Crippen LogP contribution in [0.25, 0.3) is 0 Å². The summed E-state index contributed by atoms with van der Waals surface area (Å²) in [5.41, 5.74) is -0.993. The summed E-state index contributed by atoms with van der Waals surface area (Å²) in [5, 5.41) is 8.42. The molecule has 0 spiro atoms. The molecule has 0 bridgehead atoms. The van der Waals surface area contributed by atoms with Crippen LogP contribution in [0, 0.1) is 0 Å². The van der Waals surface area contributed by atoms with Gasteiger partial charge >= 0.3 is 5.97 Å². The first-order chi connectivity index (χ1) is 4.54. The predicted octanol–water partition coefficient (Wildman–Crippen LogP) is 0.504. The van der Waals surface area contributed by atoms with Gasteiger partial charge in [-0.1, -0.05) is 0 Å². The fraction of sp³-hybridized carbons (Fsp3) is 0.800. The molecule has 58 valence electrons. The molecule has 2 unspecified atom stereocenters. The van der Waals surface area contributed by atoms with Gasteiger partial charge < -0.3 is 10.00 Å². The summed E-state index contributed by atoms with van der Waals surface area (Å²) in [5.74, 6) is -1.14. The molecule has 1 rings (SSSR count). The molecule has 1 saturated heterocycles. The van der Waals surface area contributed by atoms with Crippen molar-refractivity contribution in [2.75, 3.05) is 6.16 Å². The minimum Gasteiger partial charge on any atom is -0.481 e. The van der Waals surface area contributed by atoms with E-state index in [-0.39, 0.29) is 6.16 Å². The van der Waals surface area contributed by atoms with Gasteiger partial charge in [-0.15, -0.1) is 0 Å². The zero-order valence-corrected chi connectivity index (χ0v) is 6.25. The van der Waals surface area contributed by atoms with Crippen molar-refractivity contribution < 1.29 is 19.4 Å². The molecule has 2 N–H and O–H groups in total. The number of aliphatic carboxylic acids is 1. The highest BCUT2D eigenvalue weighted by molar-refractivity contribution is 7.60. The van der Waals surface area contributed by atoms with Crippen molar-refractivity contribution in [3.8, 4) is 0 Å². The van der Waals surface area contributed by atoms with Gasteiger partial charge in [-0.25, -0.2) is 0 Å². The van der Waals surface area contributed by atoms with Crippen LogP contribution < -0.4 is 0 Å². The lowest BCUT2D eigenvalue weighted by molar-refractivity contribution is -0.136. The van der Waals surface area contributed by atoms with Gasteiger partial charge in [0.2, 0.25) is 7.37 Å². The summed E-state index contributed by atoms with van der Waals surface area (Å²) < 4.78 is 11.0. The average molecular weight is 164 g/mol. The van der Waals surface area contributed by atoms with Crippen LogP contribution in [0.3, 0.4) is 0 Å². The second kappa shape index (κ2) is 2.36. The SMILES string of the molecule is O=C(O)C1CCCP1(=O)O. The fourth-order valence-corrected chi connectivity index (χ4v) is 3.04. The van der Waals surface area contributed by atoms with Gasteiger partial charge in [-0.3, -0.25) is 9.36 Å². The van der Waals surface area contributed by atoms with Gasteiger partial charge in [0.05, 0.1) is 0 Å². The van der Waals surface area contributed by atoms with Gasteiger partial charge in [-0.2, -0.15) is 0 Å². The summed E-state index contributed by atoms with van der Waals surface area (Å²) in [7, 11) is -3.31. The second-order valence-electron chi connectivity index (χ2n) is 2.48. The van der Waals surface area contributed by atoms with Crippen LogP contribution in [0.1, 0.15) is 12.8 Å². The Bertz CT molecular complexity index is 200. The highest BCUT2D eigenvalue weighted by Crippen LogP contribution is 2.54. The minimum atomic E-state index is -3.31. The average Bonchev–Trinajstić information content (AvgIpc) is 2.08. The summed E-state index contributed by atoms with van der Waals surface area (Å²) in [6.07, 6.45) is 1.08. The van der Waals surface area contributed by atoms with Crippen molar-refractivity contribution in [3.63, 3.8) is 0 Å². The maximum absolute atomic E-state index is 11.0. The smallest absolute Gasteiger partial charge is 0.316 e. The van der Waals surface area contributed by atoms with E-state index in [1.807, 2.05) is 0 Å². The van der Waals surface area contributed by atoms with Crippen LogP contribution in [0.4, 0.5) is 0 Å². The zero-order valence-electron chi connectivity index (χ0n) is 5.36. The Morgan fingerprint density at radius 2 is 2.20 bits per heavy atom. The van der Waals surface area contributed by atoms with E-state index in [1.54, 1.807) is 0 Å². The summed E-state index contributed by atoms with van der Waals surface area (Å²) in [4.78, 5) is 19.3. The highest BCUT2D eigenvalue weighted by Gasteiger charge is 2.41. The molecule has 0 amide bonds. The Balaban J connectivity index is 2.79. The Morgan fingerprint density at radius 3 is 2.40 bits per heavy atom. The summed E-state index contributed by atoms with van der Waals surface area (Å²) in [6, 6.07) is 0. The third-order valence-corrected chi connectivity index (χ3v) is 4.14. The zero-order chi connectivity index (χ0) is 7.78. The molecule has 0 aromatic carbocycles. The van der Waals surface area contributed by atoms with Crippen LogP contribution in [0.2, 0.25) is 0 Å². The number of carboxylic acid groups (broad SMARTS) is 1. The number of carboxylic acids is 1. The first kappa shape index (κ1) is 7.76. The third-order valence-electron chi connectivity index (χ3n) is 1.73. The topological polar surface area (TPSA) is 74.6 Å². The van der Waals surface area contributed by atoms with E-state index in [2.05, 4.69) is 0 Å². The van der Waals surface area contributed by atoms with Crippen molar-refractivity contribution >= 4 is 13.3 Å². The number of rotatable bonds is 1. The maximum Gasteiger partial charge on any atom is 0.316 e. The molecule has 0 aromatic heterocycles. The van der Waals surface area contributed by atoms with Crippen molar-refractivity contribution in [2.45, 2.75) is 18.5 Å². The number of hydrogen-bond acceptors (Lipinski definition) is 2. The van der Waals surface area contributed by atoms with E-state index in [1.165, 1.54) is 0 Å². The van der Waals surface area contributed by atoms with Gasteiger partial charge in [0.25, 0.3) is 0 Å². The molecule has 0 aromatic rings. The molecule has 1 aliphatic heterocycles. The van der Waals surface area contributed by atoms with E-state index in [0.717, 1.165) is 0 Å². The van der Waals surface area contributed by atoms with Gasteiger partial charge in [0, 0.05) is 6.16 Å². The lowest BCUT2D eigenvalue weighted by Crippen LogP contribution is -2.15. The summed E-state index contributed by atoms with van der Waals surface area (Å²) >= 11 is 0. The standard InChI is InChI=1S/C5H9O4P/c6-5(7)4-2-1-3-10(4,8)9/h4H,1-3H2,(H,6,7)(H,8,9). The van der Waals surface area contributed by atoms with Crippen LogP contribution in [0.5, 0.6) is 0 Å². The molecule has 2 atom stereocenters. The van der Waals surface area contributed by atoms with E-state index < -0.39 is 19.0 Å². The Labute approximate surface area is 58.3 Å². The minimum absolute atomic E-state index is 0.171. The molecule has 5 heteroatoms. The third kappa shape index (κ3) is 1.22. The Hall–Kier alpha value is -0.340. The molecule has 0 aliphatic carbocycles. The van der Waals surface area contributed by atoms with Crippen molar-refractivity contribution in [2.24, 2.45) is 0 Å². The second-order valence-corrected chi connectivity index (χ2v) is 5.06. The molecule has 0 saturated carbocycles. The van der Waals surface area contributed by atoms with E-state index >= 15 is 0 Å². The highest BCUT2D eigenvalue weighted by atomic mass is 31.2. The predicted molar refractivity (Wildman–Crippen MR) is 35.4 cm³/mol. The molecule has 0 radical (unpaired) electrons. The first-order valence-corrected chi connectivity index (χ1v) is 5.00. The Kier molecular flexibility index (Phi) is 1.84. The van der Waals surface area contributed by atoms with E-state index in [9.17, 15) is 9.36 Å². The van der Waals surface area contributed by atoms with Crippen molar-refractivity contribution in [3.05, 3.63) is 0 Å².